The Hall–Kier alpha value is -3.11. The van der Waals surface area contributed by atoms with Gasteiger partial charge in [0.15, 0.2) is 16.6 Å². The van der Waals surface area contributed by atoms with E-state index in [0.717, 1.165) is 5.56 Å². The second-order valence-corrected chi connectivity index (χ2v) is 9.95. The first kappa shape index (κ1) is 24.5. The molecule has 8 nitrogen and oxygen atoms in total. The van der Waals surface area contributed by atoms with Gasteiger partial charge in [-0.25, -0.2) is 0 Å². The summed E-state index contributed by atoms with van der Waals surface area (Å²) in [5.41, 5.74) is 2.51. The van der Waals surface area contributed by atoms with E-state index in [1.165, 1.54) is 18.1 Å². The molecule has 1 fully saturated rings. The Bertz CT molecular complexity index is 1220. The van der Waals surface area contributed by atoms with E-state index in [2.05, 4.69) is 17.2 Å². The number of carbonyl (C=O) groups is 1. The van der Waals surface area contributed by atoms with Crippen LogP contribution in [-0.2, 0) is 14.9 Å². The Morgan fingerprint density at radius 2 is 1.82 bits per heavy atom. The summed E-state index contributed by atoms with van der Waals surface area (Å²) in [5, 5.41) is 6.35. The highest BCUT2D eigenvalue weighted by molar-refractivity contribution is 7.87. The first-order valence-electron chi connectivity index (χ1n) is 10.1. The van der Waals surface area contributed by atoms with Crippen LogP contribution in [0.5, 0.6) is 11.5 Å². The number of hydrogen-bond donors (Lipinski definition) is 2. The lowest BCUT2D eigenvalue weighted by Gasteiger charge is -2.36. The van der Waals surface area contributed by atoms with Crippen molar-refractivity contribution in [2.45, 2.75) is 24.8 Å². The molecule has 2 atom stereocenters. The van der Waals surface area contributed by atoms with Gasteiger partial charge in [-0.1, -0.05) is 24.8 Å². The molecule has 0 spiro atoms. The number of methoxy groups -OCH3 is 1. The van der Waals surface area contributed by atoms with Gasteiger partial charge in [0.25, 0.3) is 0 Å². The molecule has 1 aliphatic rings. The van der Waals surface area contributed by atoms with Crippen molar-refractivity contribution in [3.05, 3.63) is 65.4 Å². The van der Waals surface area contributed by atoms with Gasteiger partial charge in [-0.2, -0.15) is 8.42 Å². The van der Waals surface area contributed by atoms with E-state index in [1.54, 1.807) is 45.3 Å². The van der Waals surface area contributed by atoms with Crippen molar-refractivity contribution in [1.82, 2.24) is 15.5 Å². The summed E-state index contributed by atoms with van der Waals surface area (Å²) in [7, 11) is 0.648. The van der Waals surface area contributed by atoms with Crippen molar-refractivity contribution in [3.8, 4) is 11.5 Å². The van der Waals surface area contributed by atoms with Gasteiger partial charge < -0.3 is 24.5 Å². The van der Waals surface area contributed by atoms with Crippen LogP contribution >= 0.6 is 12.2 Å². The monoisotopic (exact) mass is 489 g/mol. The SMILES string of the molecule is C=C1NC(=S)N[C@H](c2ccc(OS(=O)(=O)c3cc(C)ccc3C)c(OC)c2)[C@H]1C(=O)N(C)C. The van der Waals surface area contributed by atoms with Crippen molar-refractivity contribution < 1.29 is 22.1 Å². The molecule has 2 N–H and O–H groups in total. The third kappa shape index (κ3) is 5.12. The molecule has 0 unspecified atom stereocenters. The summed E-state index contributed by atoms with van der Waals surface area (Å²) in [5.74, 6) is -0.562. The Kier molecular flexibility index (Phi) is 6.99. The molecule has 0 aliphatic carbocycles. The summed E-state index contributed by atoms with van der Waals surface area (Å²) in [6.07, 6.45) is 0. The number of hydrogen-bond acceptors (Lipinski definition) is 6. The average Bonchev–Trinajstić information content (AvgIpc) is 2.74. The Morgan fingerprint density at radius 3 is 2.45 bits per heavy atom. The number of amides is 1. The molecule has 1 saturated heterocycles. The molecule has 33 heavy (non-hydrogen) atoms. The minimum Gasteiger partial charge on any atom is -0.493 e. The summed E-state index contributed by atoms with van der Waals surface area (Å²) < 4.78 is 36.8. The van der Waals surface area contributed by atoms with Crippen LogP contribution < -0.4 is 19.6 Å². The van der Waals surface area contributed by atoms with Crippen LogP contribution in [0, 0.1) is 19.8 Å². The molecule has 0 radical (unpaired) electrons. The number of benzene rings is 2. The van der Waals surface area contributed by atoms with Crippen molar-refractivity contribution in [2.75, 3.05) is 21.2 Å². The number of rotatable bonds is 6. The molecule has 0 saturated carbocycles. The van der Waals surface area contributed by atoms with E-state index in [9.17, 15) is 13.2 Å². The number of thiocarbonyl (C=S) groups is 1. The van der Waals surface area contributed by atoms with Gasteiger partial charge in [0.1, 0.15) is 10.8 Å². The Balaban J connectivity index is 1.99. The molecule has 2 aromatic rings. The van der Waals surface area contributed by atoms with Crippen molar-refractivity contribution >= 4 is 33.4 Å². The maximum absolute atomic E-state index is 13.0. The second-order valence-electron chi connectivity index (χ2n) is 8.03. The molecule has 3 rings (SSSR count). The number of carbonyl (C=O) groups excluding carboxylic acids is 1. The molecule has 1 amide bonds. The smallest absolute Gasteiger partial charge is 0.339 e. The summed E-state index contributed by atoms with van der Waals surface area (Å²) in [4.78, 5) is 14.4. The van der Waals surface area contributed by atoms with Gasteiger partial charge in [-0.15, -0.1) is 0 Å². The number of ether oxygens (including phenoxy) is 1. The van der Waals surface area contributed by atoms with Gasteiger partial charge >= 0.3 is 10.1 Å². The Morgan fingerprint density at radius 1 is 1.12 bits per heavy atom. The summed E-state index contributed by atoms with van der Waals surface area (Å²) >= 11 is 5.26. The van der Waals surface area contributed by atoms with Crippen molar-refractivity contribution in [2.24, 2.45) is 5.92 Å². The predicted molar refractivity (Wildman–Crippen MR) is 130 cm³/mol. The summed E-state index contributed by atoms with van der Waals surface area (Å²) in [6, 6.07) is 9.40. The van der Waals surface area contributed by atoms with Crippen LogP contribution in [-0.4, -0.2) is 45.5 Å². The molecular weight excluding hydrogens is 462 g/mol. The van der Waals surface area contributed by atoms with Gasteiger partial charge in [0.2, 0.25) is 5.91 Å². The highest BCUT2D eigenvalue weighted by atomic mass is 32.2. The van der Waals surface area contributed by atoms with E-state index in [-0.39, 0.29) is 22.3 Å². The van der Waals surface area contributed by atoms with Gasteiger partial charge in [0, 0.05) is 19.8 Å². The van der Waals surface area contributed by atoms with Crippen LogP contribution in [0.3, 0.4) is 0 Å². The highest BCUT2D eigenvalue weighted by Gasteiger charge is 2.38. The fourth-order valence-corrected chi connectivity index (χ4v) is 5.13. The van der Waals surface area contributed by atoms with Gasteiger partial charge in [-0.3, -0.25) is 4.79 Å². The standard InChI is InChI=1S/C23H27N3O5S2/c1-13-7-8-14(2)19(11-13)33(28,29)31-17-10-9-16(12-18(17)30-6)21-20(22(27)26(4)5)15(3)24-23(32)25-21/h7-12,20-21H,3H2,1-2,4-6H3,(H2,24,25,32)/t20-,21+/m0/s1. The zero-order chi connectivity index (χ0) is 24.5. The van der Waals surface area contributed by atoms with E-state index in [0.29, 0.717) is 21.9 Å². The van der Waals surface area contributed by atoms with E-state index in [4.69, 9.17) is 21.1 Å². The van der Waals surface area contributed by atoms with Crippen molar-refractivity contribution in [1.29, 1.82) is 0 Å². The lowest BCUT2D eigenvalue weighted by molar-refractivity contribution is -0.132. The summed E-state index contributed by atoms with van der Waals surface area (Å²) in [6.45, 7) is 7.48. The molecule has 0 aromatic heterocycles. The molecule has 10 heteroatoms. The largest absolute Gasteiger partial charge is 0.493 e. The highest BCUT2D eigenvalue weighted by Crippen LogP contribution is 2.37. The minimum atomic E-state index is -4.09. The second kappa shape index (κ2) is 9.40. The Labute approximate surface area is 199 Å². The van der Waals surface area contributed by atoms with E-state index < -0.39 is 22.1 Å². The maximum atomic E-state index is 13.0. The predicted octanol–water partition coefficient (Wildman–Crippen LogP) is 2.82. The molecule has 0 bridgehead atoms. The molecular formula is C23H27N3O5S2. The van der Waals surface area contributed by atoms with Gasteiger partial charge in [-0.05, 0) is 61.0 Å². The molecule has 1 heterocycles. The van der Waals surface area contributed by atoms with E-state index >= 15 is 0 Å². The van der Waals surface area contributed by atoms with Crippen LogP contribution in [0.4, 0.5) is 0 Å². The maximum Gasteiger partial charge on any atom is 0.339 e. The quantitative estimate of drug-likeness (QED) is 0.472. The van der Waals surface area contributed by atoms with Crippen LogP contribution in [0.2, 0.25) is 0 Å². The number of nitrogens with zero attached hydrogens (tertiary/aromatic N) is 1. The van der Waals surface area contributed by atoms with Crippen molar-refractivity contribution in [3.63, 3.8) is 0 Å². The van der Waals surface area contributed by atoms with E-state index in [1.807, 2.05) is 13.0 Å². The molecule has 2 aromatic carbocycles. The van der Waals surface area contributed by atoms with Crippen LogP contribution in [0.25, 0.3) is 0 Å². The number of aryl methyl sites for hydroxylation is 2. The lowest BCUT2D eigenvalue weighted by atomic mass is 9.88. The third-order valence-corrected chi connectivity index (χ3v) is 6.93. The molecule has 176 valence electrons. The normalized spacial score (nSPS) is 18.2. The minimum absolute atomic E-state index is 0.0352. The third-order valence-electron chi connectivity index (χ3n) is 5.34. The average molecular weight is 490 g/mol. The fraction of sp³-hybridized carbons (Fsp3) is 0.304. The fourth-order valence-electron chi connectivity index (χ4n) is 3.62. The van der Waals surface area contributed by atoms with Crippen LogP contribution in [0.15, 0.2) is 53.6 Å². The number of nitrogens with one attached hydrogen (secondary N) is 2. The topological polar surface area (TPSA) is 97.0 Å². The first-order valence-corrected chi connectivity index (χ1v) is 11.9. The van der Waals surface area contributed by atoms with Gasteiger partial charge in [0.05, 0.1) is 13.2 Å². The lowest BCUT2D eigenvalue weighted by Crippen LogP contribution is -2.52. The first-order chi connectivity index (χ1) is 15.4. The zero-order valence-electron chi connectivity index (χ0n) is 19.1. The molecule has 1 aliphatic heterocycles. The zero-order valence-corrected chi connectivity index (χ0v) is 20.8. The van der Waals surface area contributed by atoms with Crippen LogP contribution in [0.1, 0.15) is 22.7 Å².